The maximum atomic E-state index is 10.6. The minimum Gasteiger partial charge on any atom is -0.383 e. The van der Waals surface area contributed by atoms with E-state index in [0.717, 1.165) is 10.4 Å². The Bertz CT molecular complexity index is 622. The standard InChI is InChI=1S/C17H20O2S/c1-17(2,3)15-7-6-14(20-15)16(18)11-4-5-12-9-19-10-13(12)8-11/h4-8,16,18H,9-10H2,1-3H3. The second kappa shape index (κ2) is 4.99. The lowest BCUT2D eigenvalue weighted by molar-refractivity contribution is 0.134. The fourth-order valence-electron chi connectivity index (χ4n) is 2.43. The molecule has 1 N–H and O–H groups in total. The predicted octanol–water partition coefficient (Wildman–Crippen LogP) is 4.16. The molecule has 1 aromatic heterocycles. The lowest BCUT2D eigenvalue weighted by atomic mass is 9.95. The van der Waals surface area contributed by atoms with Crippen molar-refractivity contribution in [3.8, 4) is 0 Å². The van der Waals surface area contributed by atoms with Crippen molar-refractivity contribution in [3.05, 3.63) is 56.8 Å². The molecule has 0 saturated heterocycles. The van der Waals surface area contributed by atoms with Crippen LogP contribution >= 0.6 is 11.3 Å². The Hall–Kier alpha value is -1.16. The van der Waals surface area contributed by atoms with Gasteiger partial charge in [0.2, 0.25) is 0 Å². The van der Waals surface area contributed by atoms with Gasteiger partial charge >= 0.3 is 0 Å². The van der Waals surface area contributed by atoms with Crippen molar-refractivity contribution in [1.29, 1.82) is 0 Å². The Labute approximate surface area is 124 Å². The van der Waals surface area contributed by atoms with Crippen LogP contribution in [0.1, 0.15) is 53.3 Å². The van der Waals surface area contributed by atoms with Crippen molar-refractivity contribution in [1.82, 2.24) is 0 Å². The summed E-state index contributed by atoms with van der Waals surface area (Å²) in [6.45, 7) is 7.94. The summed E-state index contributed by atoms with van der Waals surface area (Å²) in [6.07, 6.45) is -0.540. The van der Waals surface area contributed by atoms with Crippen LogP contribution in [0.25, 0.3) is 0 Å². The normalized spacial score (nSPS) is 16.2. The van der Waals surface area contributed by atoms with Gasteiger partial charge in [0.05, 0.1) is 13.2 Å². The average molecular weight is 288 g/mol. The van der Waals surface area contributed by atoms with Crippen LogP contribution in [0.15, 0.2) is 30.3 Å². The topological polar surface area (TPSA) is 29.5 Å². The van der Waals surface area contributed by atoms with E-state index in [1.165, 1.54) is 16.0 Å². The van der Waals surface area contributed by atoms with Crippen LogP contribution in [0, 0.1) is 0 Å². The zero-order chi connectivity index (χ0) is 14.3. The first-order valence-corrected chi connectivity index (χ1v) is 7.74. The highest BCUT2D eigenvalue weighted by atomic mass is 32.1. The zero-order valence-corrected chi connectivity index (χ0v) is 13.0. The molecule has 1 aliphatic rings. The molecule has 2 nitrogen and oxygen atoms in total. The van der Waals surface area contributed by atoms with Gasteiger partial charge in [-0.05, 0) is 34.2 Å². The van der Waals surface area contributed by atoms with Crippen LogP contribution in [-0.2, 0) is 23.4 Å². The molecule has 0 radical (unpaired) electrons. The predicted molar refractivity (Wildman–Crippen MR) is 82.0 cm³/mol. The van der Waals surface area contributed by atoms with E-state index < -0.39 is 6.10 Å². The largest absolute Gasteiger partial charge is 0.383 e. The summed E-state index contributed by atoms with van der Waals surface area (Å²) >= 11 is 1.69. The number of benzene rings is 1. The first kappa shape index (κ1) is 13.8. The summed E-state index contributed by atoms with van der Waals surface area (Å²) < 4.78 is 5.43. The number of aliphatic hydroxyl groups excluding tert-OH is 1. The zero-order valence-electron chi connectivity index (χ0n) is 12.1. The van der Waals surface area contributed by atoms with Crippen LogP contribution in [0.3, 0.4) is 0 Å². The van der Waals surface area contributed by atoms with Crippen LogP contribution in [0.4, 0.5) is 0 Å². The van der Waals surface area contributed by atoms with Gasteiger partial charge in [0.1, 0.15) is 6.10 Å². The highest BCUT2D eigenvalue weighted by Crippen LogP contribution is 2.35. The highest BCUT2D eigenvalue weighted by molar-refractivity contribution is 7.12. The van der Waals surface area contributed by atoms with Crippen LogP contribution in [0.2, 0.25) is 0 Å². The van der Waals surface area contributed by atoms with Gasteiger partial charge in [-0.1, -0.05) is 39.0 Å². The molecule has 0 saturated carbocycles. The van der Waals surface area contributed by atoms with Gasteiger partial charge in [-0.2, -0.15) is 0 Å². The van der Waals surface area contributed by atoms with Crippen molar-refractivity contribution >= 4 is 11.3 Å². The lowest BCUT2D eigenvalue weighted by Gasteiger charge is -2.16. The summed E-state index contributed by atoms with van der Waals surface area (Å²) in [6, 6.07) is 10.3. The number of ether oxygens (including phenoxy) is 1. The Morgan fingerprint density at radius 3 is 2.55 bits per heavy atom. The summed E-state index contributed by atoms with van der Waals surface area (Å²) in [5.41, 5.74) is 3.53. The van der Waals surface area contributed by atoms with E-state index >= 15 is 0 Å². The molecule has 3 heteroatoms. The second-order valence-electron chi connectivity index (χ2n) is 6.38. The first-order chi connectivity index (χ1) is 9.45. The quantitative estimate of drug-likeness (QED) is 0.899. The van der Waals surface area contributed by atoms with E-state index in [9.17, 15) is 5.11 Å². The molecule has 0 bridgehead atoms. The molecule has 2 heterocycles. The van der Waals surface area contributed by atoms with E-state index in [2.05, 4.69) is 39.0 Å². The van der Waals surface area contributed by atoms with Gasteiger partial charge in [0.25, 0.3) is 0 Å². The molecule has 2 aromatic rings. The monoisotopic (exact) mass is 288 g/mol. The summed E-state index contributed by atoms with van der Waals surface area (Å²) in [7, 11) is 0. The molecule has 106 valence electrons. The summed E-state index contributed by atoms with van der Waals surface area (Å²) in [5, 5.41) is 10.6. The maximum absolute atomic E-state index is 10.6. The average Bonchev–Trinajstić information content (AvgIpc) is 3.05. The number of hydrogen-bond acceptors (Lipinski definition) is 3. The van der Waals surface area contributed by atoms with Crippen molar-refractivity contribution in [2.45, 2.75) is 45.5 Å². The van der Waals surface area contributed by atoms with E-state index in [-0.39, 0.29) is 5.41 Å². The number of thiophene rings is 1. The van der Waals surface area contributed by atoms with Crippen molar-refractivity contribution < 1.29 is 9.84 Å². The van der Waals surface area contributed by atoms with Crippen molar-refractivity contribution in [3.63, 3.8) is 0 Å². The summed E-state index contributed by atoms with van der Waals surface area (Å²) in [5.74, 6) is 0. The maximum Gasteiger partial charge on any atom is 0.113 e. The van der Waals surface area contributed by atoms with Crippen LogP contribution in [0.5, 0.6) is 0 Å². The van der Waals surface area contributed by atoms with Crippen LogP contribution in [-0.4, -0.2) is 5.11 Å². The number of rotatable bonds is 2. The molecule has 20 heavy (non-hydrogen) atoms. The third-order valence-electron chi connectivity index (χ3n) is 3.70. The van der Waals surface area contributed by atoms with E-state index in [4.69, 9.17) is 4.74 Å². The molecule has 1 atom stereocenters. The number of fused-ring (bicyclic) bond motifs is 1. The highest BCUT2D eigenvalue weighted by Gasteiger charge is 2.21. The fraction of sp³-hybridized carbons (Fsp3) is 0.412. The number of aliphatic hydroxyl groups is 1. The molecule has 0 fully saturated rings. The molecule has 0 spiro atoms. The van der Waals surface area contributed by atoms with Gasteiger partial charge < -0.3 is 9.84 Å². The minimum absolute atomic E-state index is 0.133. The Morgan fingerprint density at radius 1 is 1.10 bits per heavy atom. The third kappa shape index (κ3) is 2.53. The minimum atomic E-state index is -0.540. The molecular formula is C17H20O2S. The van der Waals surface area contributed by atoms with Crippen LogP contribution < -0.4 is 0 Å². The second-order valence-corrected chi connectivity index (χ2v) is 7.49. The molecular weight excluding hydrogens is 268 g/mol. The van der Waals surface area contributed by atoms with Crippen molar-refractivity contribution in [2.75, 3.05) is 0 Å². The fourth-order valence-corrected chi connectivity index (χ4v) is 3.51. The Kier molecular flexibility index (Phi) is 3.44. The third-order valence-corrected chi connectivity index (χ3v) is 5.26. The van der Waals surface area contributed by atoms with Gasteiger partial charge in [0, 0.05) is 9.75 Å². The smallest absolute Gasteiger partial charge is 0.113 e. The Balaban J connectivity index is 1.89. The molecule has 1 aliphatic heterocycles. The molecule has 0 aliphatic carbocycles. The molecule has 1 unspecified atom stereocenters. The first-order valence-electron chi connectivity index (χ1n) is 6.93. The lowest BCUT2D eigenvalue weighted by Crippen LogP contribution is -2.07. The Morgan fingerprint density at radius 2 is 1.85 bits per heavy atom. The molecule has 1 aromatic carbocycles. The van der Waals surface area contributed by atoms with Gasteiger partial charge in [0.15, 0.2) is 0 Å². The number of hydrogen-bond donors (Lipinski definition) is 1. The van der Waals surface area contributed by atoms with Gasteiger partial charge in [-0.15, -0.1) is 11.3 Å². The van der Waals surface area contributed by atoms with E-state index in [1.807, 2.05) is 12.1 Å². The summed E-state index contributed by atoms with van der Waals surface area (Å²) in [4.78, 5) is 2.31. The molecule has 3 rings (SSSR count). The van der Waals surface area contributed by atoms with E-state index in [0.29, 0.717) is 13.2 Å². The van der Waals surface area contributed by atoms with Gasteiger partial charge in [-0.25, -0.2) is 0 Å². The van der Waals surface area contributed by atoms with Gasteiger partial charge in [-0.3, -0.25) is 0 Å². The SMILES string of the molecule is CC(C)(C)c1ccc(C(O)c2ccc3c(c2)COC3)s1. The molecule has 0 amide bonds. The van der Waals surface area contributed by atoms with E-state index in [1.54, 1.807) is 11.3 Å². The van der Waals surface area contributed by atoms with Crippen molar-refractivity contribution in [2.24, 2.45) is 0 Å².